The number of nitrogens with one attached hydrogen (secondary N) is 2. The van der Waals surface area contributed by atoms with Gasteiger partial charge >= 0.3 is 0 Å². The molecule has 0 radical (unpaired) electrons. The van der Waals surface area contributed by atoms with Gasteiger partial charge in [0.05, 0.1) is 18.7 Å². The topological polar surface area (TPSA) is 79.9 Å². The molecule has 26 heavy (non-hydrogen) atoms. The number of nitrogens with zero attached hydrogens (tertiary/aromatic N) is 2. The number of amides is 1. The fourth-order valence-corrected chi connectivity index (χ4v) is 3.36. The first-order chi connectivity index (χ1) is 12.7. The van der Waals surface area contributed by atoms with E-state index in [0.717, 1.165) is 40.6 Å². The molecule has 0 saturated carbocycles. The second-order valence-corrected chi connectivity index (χ2v) is 6.67. The van der Waals surface area contributed by atoms with Crippen LogP contribution in [0, 0.1) is 0 Å². The second-order valence-electron chi connectivity index (χ2n) is 5.81. The molecule has 7 heteroatoms. The van der Waals surface area contributed by atoms with Crippen LogP contribution in [0.1, 0.15) is 24.7 Å². The number of hydrogen-bond acceptors (Lipinski definition) is 5. The van der Waals surface area contributed by atoms with Crippen LogP contribution in [0.25, 0.3) is 10.6 Å². The minimum atomic E-state index is -0.00171. The summed E-state index contributed by atoms with van der Waals surface area (Å²) in [4.78, 5) is 16.6. The minimum Gasteiger partial charge on any atom is -0.494 e. The van der Waals surface area contributed by atoms with Gasteiger partial charge in [-0.1, -0.05) is 0 Å². The number of H-pyrrole nitrogens is 1. The number of ether oxygens (including phenoxy) is 1. The molecule has 2 heterocycles. The van der Waals surface area contributed by atoms with Crippen molar-refractivity contribution in [2.75, 3.05) is 13.2 Å². The van der Waals surface area contributed by atoms with E-state index in [1.165, 1.54) is 0 Å². The molecule has 0 saturated heterocycles. The Balaban J connectivity index is 1.45. The molecule has 3 rings (SSSR count). The lowest BCUT2D eigenvalue weighted by Crippen LogP contribution is -2.26. The van der Waals surface area contributed by atoms with E-state index in [2.05, 4.69) is 20.5 Å². The summed E-state index contributed by atoms with van der Waals surface area (Å²) in [7, 11) is 0. The summed E-state index contributed by atoms with van der Waals surface area (Å²) >= 11 is 1.55. The fraction of sp³-hybridized carbons (Fsp3) is 0.316. The Morgan fingerprint density at radius 1 is 1.27 bits per heavy atom. The van der Waals surface area contributed by atoms with Crippen molar-refractivity contribution in [1.82, 2.24) is 20.5 Å². The van der Waals surface area contributed by atoms with Crippen molar-refractivity contribution >= 4 is 17.2 Å². The van der Waals surface area contributed by atoms with Crippen LogP contribution in [0.4, 0.5) is 0 Å². The van der Waals surface area contributed by atoms with E-state index < -0.39 is 0 Å². The molecular formula is C19H22N4O2S. The van der Waals surface area contributed by atoms with Gasteiger partial charge in [-0.3, -0.25) is 9.89 Å². The van der Waals surface area contributed by atoms with E-state index in [1.807, 2.05) is 42.6 Å². The van der Waals surface area contributed by atoms with Crippen LogP contribution in [-0.4, -0.2) is 34.2 Å². The predicted octanol–water partition coefficient (Wildman–Crippen LogP) is 3.22. The van der Waals surface area contributed by atoms with Gasteiger partial charge in [-0.15, -0.1) is 11.3 Å². The van der Waals surface area contributed by atoms with Crippen LogP contribution in [-0.2, 0) is 17.6 Å². The summed E-state index contributed by atoms with van der Waals surface area (Å²) in [5.41, 5.74) is 2.91. The van der Waals surface area contributed by atoms with Gasteiger partial charge in [0.15, 0.2) is 0 Å². The van der Waals surface area contributed by atoms with Crippen LogP contribution >= 0.6 is 11.3 Å². The minimum absolute atomic E-state index is 0.00171. The van der Waals surface area contributed by atoms with Gasteiger partial charge in [0.1, 0.15) is 10.8 Å². The van der Waals surface area contributed by atoms with Crippen molar-refractivity contribution in [3.8, 4) is 16.3 Å². The van der Waals surface area contributed by atoms with Crippen LogP contribution in [0.3, 0.4) is 0 Å². The maximum Gasteiger partial charge on any atom is 0.226 e. The zero-order valence-corrected chi connectivity index (χ0v) is 15.5. The summed E-state index contributed by atoms with van der Waals surface area (Å²) in [6.07, 6.45) is 3.79. The van der Waals surface area contributed by atoms with E-state index in [-0.39, 0.29) is 5.91 Å². The van der Waals surface area contributed by atoms with E-state index in [0.29, 0.717) is 19.6 Å². The van der Waals surface area contributed by atoms with Gasteiger partial charge in [-0.2, -0.15) is 5.10 Å². The molecule has 0 aliphatic rings. The first-order valence-corrected chi connectivity index (χ1v) is 9.55. The van der Waals surface area contributed by atoms with Crippen LogP contribution in [0.15, 0.2) is 41.9 Å². The molecule has 3 aromatic rings. The maximum absolute atomic E-state index is 12.1. The Bertz CT molecular complexity index is 812. The molecule has 0 fully saturated rings. The molecule has 2 N–H and O–H groups in total. The van der Waals surface area contributed by atoms with Crippen LogP contribution in [0.2, 0.25) is 0 Å². The number of aromatic nitrogens is 3. The van der Waals surface area contributed by atoms with Gasteiger partial charge in [0, 0.05) is 29.4 Å². The number of rotatable bonds is 9. The van der Waals surface area contributed by atoms with Crippen molar-refractivity contribution in [3.05, 3.63) is 53.3 Å². The third-order valence-corrected chi connectivity index (χ3v) is 4.75. The number of thiazole rings is 1. The number of aryl methyl sites for hydroxylation is 1. The molecule has 0 aliphatic heterocycles. The molecular weight excluding hydrogens is 348 g/mol. The highest BCUT2D eigenvalue weighted by molar-refractivity contribution is 7.13. The first-order valence-electron chi connectivity index (χ1n) is 8.67. The van der Waals surface area contributed by atoms with Crippen molar-refractivity contribution < 1.29 is 9.53 Å². The zero-order chi connectivity index (χ0) is 18.2. The van der Waals surface area contributed by atoms with Crippen LogP contribution in [0.5, 0.6) is 5.75 Å². The molecule has 0 bridgehead atoms. The van der Waals surface area contributed by atoms with E-state index in [1.54, 1.807) is 17.5 Å². The molecule has 136 valence electrons. The van der Waals surface area contributed by atoms with E-state index in [4.69, 9.17) is 4.74 Å². The standard InChI is InChI=1S/C19H22N4O2S/c1-2-25-17-7-5-14(6-8-17)19-22-16(13-26-19)12-18(24)20-10-3-4-15-9-11-21-23-15/h5-9,11,13H,2-4,10,12H2,1H3,(H,20,24)(H,21,23). The largest absolute Gasteiger partial charge is 0.494 e. The Kier molecular flexibility index (Phi) is 6.38. The Labute approximate surface area is 156 Å². The van der Waals surface area contributed by atoms with Gasteiger partial charge in [0.25, 0.3) is 0 Å². The SMILES string of the molecule is CCOc1ccc(-c2nc(CC(=O)NCCCc3ccn[nH]3)cs2)cc1. The number of carbonyl (C=O) groups is 1. The zero-order valence-electron chi connectivity index (χ0n) is 14.7. The van der Waals surface area contributed by atoms with Crippen molar-refractivity contribution in [3.63, 3.8) is 0 Å². The van der Waals surface area contributed by atoms with Crippen molar-refractivity contribution in [1.29, 1.82) is 0 Å². The van der Waals surface area contributed by atoms with Crippen LogP contribution < -0.4 is 10.1 Å². The lowest BCUT2D eigenvalue weighted by atomic mass is 10.2. The average molecular weight is 370 g/mol. The molecule has 0 aliphatic carbocycles. The lowest BCUT2D eigenvalue weighted by Gasteiger charge is -2.04. The highest BCUT2D eigenvalue weighted by Gasteiger charge is 2.09. The number of hydrogen-bond donors (Lipinski definition) is 2. The van der Waals surface area contributed by atoms with Gasteiger partial charge in [0.2, 0.25) is 5.91 Å². The fourth-order valence-electron chi connectivity index (χ4n) is 2.54. The molecule has 6 nitrogen and oxygen atoms in total. The Morgan fingerprint density at radius 3 is 2.85 bits per heavy atom. The smallest absolute Gasteiger partial charge is 0.226 e. The highest BCUT2D eigenvalue weighted by atomic mass is 32.1. The molecule has 0 unspecified atom stereocenters. The summed E-state index contributed by atoms with van der Waals surface area (Å²) in [5.74, 6) is 0.848. The average Bonchev–Trinajstić information content (AvgIpc) is 3.32. The lowest BCUT2D eigenvalue weighted by molar-refractivity contribution is -0.120. The normalized spacial score (nSPS) is 10.7. The summed E-state index contributed by atoms with van der Waals surface area (Å²) in [6, 6.07) is 9.80. The number of aromatic amines is 1. The second kappa shape index (κ2) is 9.15. The summed E-state index contributed by atoms with van der Waals surface area (Å²) < 4.78 is 5.45. The monoisotopic (exact) mass is 370 g/mol. The van der Waals surface area contributed by atoms with Gasteiger partial charge in [-0.25, -0.2) is 4.98 Å². The Morgan fingerprint density at radius 2 is 2.12 bits per heavy atom. The summed E-state index contributed by atoms with van der Waals surface area (Å²) in [5, 5.41) is 12.6. The molecule has 2 aromatic heterocycles. The van der Waals surface area contributed by atoms with Gasteiger partial charge in [-0.05, 0) is 50.1 Å². The molecule has 1 aromatic carbocycles. The third kappa shape index (κ3) is 5.16. The van der Waals surface area contributed by atoms with E-state index in [9.17, 15) is 4.79 Å². The molecule has 0 spiro atoms. The highest BCUT2D eigenvalue weighted by Crippen LogP contribution is 2.25. The number of carbonyl (C=O) groups excluding carboxylic acids is 1. The van der Waals surface area contributed by atoms with Crippen molar-refractivity contribution in [2.24, 2.45) is 0 Å². The summed E-state index contributed by atoms with van der Waals surface area (Å²) in [6.45, 7) is 3.26. The predicted molar refractivity (Wildman–Crippen MR) is 102 cm³/mol. The molecule has 0 atom stereocenters. The molecule has 1 amide bonds. The number of benzene rings is 1. The van der Waals surface area contributed by atoms with E-state index >= 15 is 0 Å². The Hall–Kier alpha value is -2.67. The first kappa shape index (κ1) is 18.1. The quantitative estimate of drug-likeness (QED) is 0.567. The van der Waals surface area contributed by atoms with Gasteiger partial charge < -0.3 is 10.1 Å². The van der Waals surface area contributed by atoms with Crippen molar-refractivity contribution in [2.45, 2.75) is 26.2 Å². The maximum atomic E-state index is 12.1. The third-order valence-electron chi connectivity index (χ3n) is 3.81.